The largest absolute Gasteiger partial charge is 0.309 e. The number of aryl methyl sites for hydroxylation is 2. The number of nitrogens with zero attached hydrogens (tertiary/aromatic N) is 2. The summed E-state index contributed by atoms with van der Waals surface area (Å²) >= 11 is 1.76. The predicted octanol–water partition coefficient (Wildman–Crippen LogP) is 3.54. The van der Waals surface area contributed by atoms with E-state index in [1.807, 2.05) is 6.07 Å². The number of hydrogen-bond acceptors (Lipinski definition) is 4. The average Bonchev–Trinajstić information content (AvgIpc) is 2.47. The van der Waals surface area contributed by atoms with E-state index in [4.69, 9.17) is 0 Å². The van der Waals surface area contributed by atoms with E-state index in [0.29, 0.717) is 6.04 Å². The van der Waals surface area contributed by atoms with Crippen molar-refractivity contribution < 1.29 is 0 Å². The summed E-state index contributed by atoms with van der Waals surface area (Å²) in [7, 11) is 0. The minimum Gasteiger partial charge on any atom is -0.309 e. The van der Waals surface area contributed by atoms with E-state index in [1.54, 1.807) is 24.3 Å². The molecule has 0 spiro atoms. The van der Waals surface area contributed by atoms with Gasteiger partial charge in [-0.1, -0.05) is 30.7 Å². The second-order valence-corrected chi connectivity index (χ2v) is 5.87. The standard InChI is InChI=1S/C16H21N3S/c1-4-18-15(10-20-16-7-8-17-11-19-16)14-9-12(2)5-6-13(14)3/h5-9,11,15,18H,4,10H2,1-3H3. The highest BCUT2D eigenvalue weighted by atomic mass is 32.2. The van der Waals surface area contributed by atoms with Crippen molar-refractivity contribution in [3.05, 3.63) is 53.5 Å². The normalized spacial score (nSPS) is 12.3. The number of rotatable bonds is 6. The quantitative estimate of drug-likeness (QED) is 0.651. The highest BCUT2D eigenvalue weighted by molar-refractivity contribution is 7.99. The first kappa shape index (κ1) is 15.0. The maximum absolute atomic E-state index is 4.27. The highest BCUT2D eigenvalue weighted by Gasteiger charge is 2.13. The maximum atomic E-state index is 4.27. The molecule has 1 heterocycles. The van der Waals surface area contributed by atoms with E-state index >= 15 is 0 Å². The molecular weight excluding hydrogens is 266 g/mol. The van der Waals surface area contributed by atoms with Gasteiger partial charge in [-0.25, -0.2) is 9.97 Å². The topological polar surface area (TPSA) is 37.8 Å². The number of hydrogen-bond donors (Lipinski definition) is 1. The van der Waals surface area contributed by atoms with Crippen LogP contribution in [0.15, 0.2) is 41.8 Å². The Balaban J connectivity index is 2.12. The molecule has 2 rings (SSSR count). The molecular formula is C16H21N3S. The summed E-state index contributed by atoms with van der Waals surface area (Å²) in [5.74, 6) is 0.967. The van der Waals surface area contributed by atoms with Gasteiger partial charge in [0.15, 0.2) is 0 Å². The van der Waals surface area contributed by atoms with Crippen molar-refractivity contribution in [2.75, 3.05) is 12.3 Å². The monoisotopic (exact) mass is 287 g/mol. The van der Waals surface area contributed by atoms with Crippen LogP contribution in [0.3, 0.4) is 0 Å². The van der Waals surface area contributed by atoms with Crippen molar-refractivity contribution >= 4 is 11.8 Å². The minimum absolute atomic E-state index is 0.347. The molecule has 1 atom stereocenters. The molecule has 0 fully saturated rings. The Hall–Kier alpha value is -1.39. The van der Waals surface area contributed by atoms with E-state index in [1.165, 1.54) is 16.7 Å². The molecule has 0 amide bonds. The van der Waals surface area contributed by atoms with Crippen LogP contribution in [0.4, 0.5) is 0 Å². The molecule has 2 aromatic rings. The molecule has 0 aliphatic heterocycles. The van der Waals surface area contributed by atoms with E-state index in [9.17, 15) is 0 Å². The number of thioether (sulfide) groups is 1. The van der Waals surface area contributed by atoms with Crippen molar-refractivity contribution in [3.63, 3.8) is 0 Å². The van der Waals surface area contributed by atoms with Crippen LogP contribution < -0.4 is 5.32 Å². The van der Waals surface area contributed by atoms with Crippen molar-refractivity contribution in [1.29, 1.82) is 0 Å². The zero-order valence-corrected chi connectivity index (χ0v) is 13.1. The van der Waals surface area contributed by atoms with Gasteiger partial charge in [-0.15, -0.1) is 11.8 Å². The Morgan fingerprint density at radius 2 is 2.10 bits per heavy atom. The molecule has 3 nitrogen and oxygen atoms in total. The van der Waals surface area contributed by atoms with Gasteiger partial charge in [0.2, 0.25) is 0 Å². The summed E-state index contributed by atoms with van der Waals surface area (Å²) < 4.78 is 0. The van der Waals surface area contributed by atoms with Gasteiger partial charge in [-0.3, -0.25) is 0 Å². The van der Waals surface area contributed by atoms with Crippen LogP contribution >= 0.6 is 11.8 Å². The van der Waals surface area contributed by atoms with Crippen LogP contribution in [0.5, 0.6) is 0 Å². The Morgan fingerprint density at radius 1 is 1.25 bits per heavy atom. The Labute approximate surface area is 125 Å². The van der Waals surface area contributed by atoms with Gasteiger partial charge in [0.05, 0.1) is 5.03 Å². The van der Waals surface area contributed by atoms with Crippen LogP contribution in [-0.4, -0.2) is 22.3 Å². The van der Waals surface area contributed by atoms with Gasteiger partial charge in [0, 0.05) is 18.0 Å². The molecule has 0 radical (unpaired) electrons. The van der Waals surface area contributed by atoms with E-state index in [0.717, 1.165) is 17.3 Å². The average molecular weight is 287 g/mol. The van der Waals surface area contributed by atoms with Crippen LogP contribution in [0.25, 0.3) is 0 Å². The van der Waals surface area contributed by atoms with Crippen LogP contribution in [0.2, 0.25) is 0 Å². The highest BCUT2D eigenvalue weighted by Crippen LogP contribution is 2.25. The van der Waals surface area contributed by atoms with Crippen LogP contribution in [-0.2, 0) is 0 Å². The molecule has 4 heteroatoms. The first-order chi connectivity index (χ1) is 9.70. The van der Waals surface area contributed by atoms with E-state index < -0.39 is 0 Å². The lowest BCUT2D eigenvalue weighted by Crippen LogP contribution is -2.23. The molecule has 1 unspecified atom stereocenters. The molecule has 1 aromatic carbocycles. The van der Waals surface area contributed by atoms with Gasteiger partial charge < -0.3 is 5.32 Å². The fraction of sp³-hybridized carbons (Fsp3) is 0.375. The third-order valence-electron chi connectivity index (χ3n) is 3.21. The Morgan fingerprint density at radius 3 is 2.80 bits per heavy atom. The molecule has 20 heavy (non-hydrogen) atoms. The van der Waals surface area contributed by atoms with Crippen LogP contribution in [0, 0.1) is 13.8 Å². The maximum Gasteiger partial charge on any atom is 0.116 e. The van der Waals surface area contributed by atoms with Gasteiger partial charge in [0.25, 0.3) is 0 Å². The summed E-state index contributed by atoms with van der Waals surface area (Å²) in [5.41, 5.74) is 4.03. The zero-order chi connectivity index (χ0) is 14.4. The van der Waals surface area contributed by atoms with E-state index in [-0.39, 0.29) is 0 Å². The molecule has 106 valence electrons. The van der Waals surface area contributed by atoms with Gasteiger partial charge in [0.1, 0.15) is 6.33 Å². The number of nitrogens with one attached hydrogen (secondary N) is 1. The summed E-state index contributed by atoms with van der Waals surface area (Å²) in [5, 5.41) is 4.59. The Kier molecular flexibility index (Phi) is 5.56. The molecule has 0 bridgehead atoms. The first-order valence-electron chi connectivity index (χ1n) is 6.90. The third-order valence-corrected chi connectivity index (χ3v) is 4.25. The molecule has 0 aliphatic carbocycles. The van der Waals surface area contributed by atoms with E-state index in [2.05, 4.69) is 54.3 Å². The predicted molar refractivity (Wildman–Crippen MR) is 85.1 cm³/mol. The molecule has 0 aliphatic rings. The van der Waals surface area contributed by atoms with Crippen molar-refractivity contribution in [2.24, 2.45) is 0 Å². The second kappa shape index (κ2) is 7.41. The SMILES string of the molecule is CCNC(CSc1ccncn1)c1cc(C)ccc1C. The summed E-state index contributed by atoms with van der Waals surface area (Å²) in [4.78, 5) is 8.22. The Bertz CT molecular complexity index is 543. The second-order valence-electron chi connectivity index (χ2n) is 4.83. The lowest BCUT2D eigenvalue weighted by Gasteiger charge is -2.20. The molecule has 0 saturated heterocycles. The lowest BCUT2D eigenvalue weighted by molar-refractivity contribution is 0.602. The summed E-state index contributed by atoms with van der Waals surface area (Å²) in [6.45, 7) is 7.42. The fourth-order valence-electron chi connectivity index (χ4n) is 2.17. The first-order valence-corrected chi connectivity index (χ1v) is 7.88. The number of aromatic nitrogens is 2. The molecule has 1 aromatic heterocycles. The minimum atomic E-state index is 0.347. The zero-order valence-electron chi connectivity index (χ0n) is 12.3. The van der Waals surface area contributed by atoms with Crippen molar-refractivity contribution in [2.45, 2.75) is 31.8 Å². The third kappa shape index (κ3) is 4.05. The van der Waals surface area contributed by atoms with Crippen LogP contribution in [0.1, 0.15) is 29.7 Å². The van der Waals surface area contributed by atoms with Gasteiger partial charge >= 0.3 is 0 Å². The van der Waals surface area contributed by atoms with Crippen molar-refractivity contribution in [1.82, 2.24) is 15.3 Å². The molecule has 0 saturated carbocycles. The summed E-state index contributed by atoms with van der Waals surface area (Å²) in [6, 6.07) is 8.95. The molecule has 1 N–H and O–H groups in total. The summed E-state index contributed by atoms with van der Waals surface area (Å²) in [6.07, 6.45) is 3.39. The number of benzene rings is 1. The fourth-order valence-corrected chi connectivity index (χ4v) is 3.09. The van der Waals surface area contributed by atoms with Gasteiger partial charge in [-0.05, 0) is 37.6 Å². The van der Waals surface area contributed by atoms with Gasteiger partial charge in [-0.2, -0.15) is 0 Å². The van der Waals surface area contributed by atoms with Crippen molar-refractivity contribution in [3.8, 4) is 0 Å². The smallest absolute Gasteiger partial charge is 0.116 e. The lowest BCUT2D eigenvalue weighted by atomic mass is 10.00.